The van der Waals surface area contributed by atoms with Crippen molar-refractivity contribution in [3.05, 3.63) is 29.8 Å². The van der Waals surface area contributed by atoms with Gasteiger partial charge in [-0.1, -0.05) is 26.0 Å². The summed E-state index contributed by atoms with van der Waals surface area (Å²) in [7, 11) is 0. The summed E-state index contributed by atoms with van der Waals surface area (Å²) in [5.74, 6) is 0.279. The maximum Gasteiger partial charge on any atom is 0.115 e. The molecule has 4 heteroatoms. The van der Waals surface area contributed by atoms with Crippen molar-refractivity contribution < 1.29 is 10.2 Å². The zero-order valence-electron chi connectivity index (χ0n) is 8.92. The maximum atomic E-state index is 9.73. The number of phenolic OH excluding ortho intramolecular Hbond substituents is 1. The molecule has 4 N–H and O–H groups in total. The van der Waals surface area contributed by atoms with Crippen molar-refractivity contribution in [2.24, 2.45) is 11.7 Å². The average Bonchev–Trinajstić information content (AvgIpc) is 2.15. The van der Waals surface area contributed by atoms with Crippen molar-refractivity contribution in [2.45, 2.75) is 26.0 Å². The monoisotopic (exact) mass is 231 g/mol. The van der Waals surface area contributed by atoms with E-state index in [2.05, 4.69) is 0 Å². The Hall–Kier alpha value is -0.770. The van der Waals surface area contributed by atoms with Gasteiger partial charge < -0.3 is 15.9 Å². The first-order chi connectivity index (χ1) is 6.52. The Morgan fingerprint density at radius 1 is 1.27 bits per heavy atom. The molecular formula is C11H18ClNO2. The topological polar surface area (TPSA) is 66.5 Å². The van der Waals surface area contributed by atoms with Crippen LogP contribution in [0.15, 0.2) is 24.3 Å². The van der Waals surface area contributed by atoms with Crippen LogP contribution in [0.25, 0.3) is 0 Å². The molecule has 0 aliphatic rings. The van der Waals surface area contributed by atoms with Gasteiger partial charge in [0.2, 0.25) is 0 Å². The molecule has 1 rings (SSSR count). The summed E-state index contributed by atoms with van der Waals surface area (Å²) in [4.78, 5) is 0. The van der Waals surface area contributed by atoms with Crippen molar-refractivity contribution in [1.82, 2.24) is 0 Å². The molecule has 0 saturated carbocycles. The fourth-order valence-corrected chi connectivity index (χ4v) is 1.34. The lowest BCUT2D eigenvalue weighted by Gasteiger charge is -2.22. The molecular weight excluding hydrogens is 214 g/mol. The highest BCUT2D eigenvalue weighted by Crippen LogP contribution is 2.22. The summed E-state index contributed by atoms with van der Waals surface area (Å²) < 4.78 is 0. The van der Waals surface area contributed by atoms with Gasteiger partial charge >= 0.3 is 0 Å². The van der Waals surface area contributed by atoms with Crippen LogP contribution >= 0.6 is 12.4 Å². The second-order valence-corrected chi connectivity index (χ2v) is 3.86. The molecule has 0 fully saturated rings. The Balaban J connectivity index is 0.00000196. The van der Waals surface area contributed by atoms with Crippen LogP contribution in [-0.2, 0) is 0 Å². The first-order valence-corrected chi connectivity index (χ1v) is 4.75. The highest BCUT2D eigenvalue weighted by Gasteiger charge is 2.19. The van der Waals surface area contributed by atoms with E-state index in [1.165, 1.54) is 0 Å². The third-order valence-corrected chi connectivity index (χ3v) is 2.31. The van der Waals surface area contributed by atoms with Gasteiger partial charge in [-0.2, -0.15) is 0 Å². The number of rotatable bonds is 3. The Kier molecular flexibility index (Phi) is 5.65. The van der Waals surface area contributed by atoms with Gasteiger partial charge in [-0.25, -0.2) is 0 Å². The summed E-state index contributed by atoms with van der Waals surface area (Å²) in [5, 5.41) is 19.0. The summed E-state index contributed by atoms with van der Waals surface area (Å²) in [5.41, 5.74) is 6.60. The first-order valence-electron chi connectivity index (χ1n) is 4.75. The predicted molar refractivity (Wildman–Crippen MR) is 63.1 cm³/mol. The number of phenols is 1. The Morgan fingerprint density at radius 2 is 1.87 bits per heavy atom. The van der Waals surface area contributed by atoms with Crippen LogP contribution in [0.1, 0.15) is 25.5 Å². The van der Waals surface area contributed by atoms with Crippen LogP contribution in [0, 0.1) is 5.92 Å². The summed E-state index contributed by atoms with van der Waals surface area (Å²) in [6.07, 6.45) is -0.586. The summed E-state index contributed by atoms with van der Waals surface area (Å²) in [6, 6.07) is 6.24. The lowest BCUT2D eigenvalue weighted by Crippen LogP contribution is -2.30. The molecule has 0 aliphatic heterocycles. The minimum Gasteiger partial charge on any atom is -0.508 e. The van der Waals surface area contributed by atoms with Crippen LogP contribution in [0.2, 0.25) is 0 Å². The SMILES string of the molecule is CC(C)[C@H](O)[C@H](N)c1cccc(O)c1.Cl. The second kappa shape index (κ2) is 5.95. The molecule has 0 spiro atoms. The maximum absolute atomic E-state index is 9.73. The van der Waals surface area contributed by atoms with Gasteiger partial charge in [-0.3, -0.25) is 0 Å². The molecule has 0 bridgehead atoms. The van der Waals surface area contributed by atoms with Crippen molar-refractivity contribution in [3.63, 3.8) is 0 Å². The molecule has 1 aromatic carbocycles. The third kappa shape index (κ3) is 3.70. The van der Waals surface area contributed by atoms with Gasteiger partial charge in [0.15, 0.2) is 0 Å². The van der Waals surface area contributed by atoms with Gasteiger partial charge in [0.05, 0.1) is 12.1 Å². The standard InChI is InChI=1S/C11H17NO2.ClH/c1-7(2)11(14)10(12)8-4-3-5-9(13)6-8;/h3-7,10-11,13-14H,12H2,1-2H3;1H/t10-,11+;/m1./s1. The quantitative estimate of drug-likeness (QED) is 0.744. The lowest BCUT2D eigenvalue weighted by molar-refractivity contribution is 0.0979. The smallest absolute Gasteiger partial charge is 0.115 e. The van der Waals surface area contributed by atoms with E-state index in [0.29, 0.717) is 0 Å². The van der Waals surface area contributed by atoms with Crippen LogP contribution in [0.3, 0.4) is 0 Å². The van der Waals surface area contributed by atoms with Crippen LogP contribution < -0.4 is 5.73 Å². The average molecular weight is 232 g/mol. The molecule has 0 heterocycles. The molecule has 0 aromatic heterocycles. The van der Waals surface area contributed by atoms with Crippen molar-refractivity contribution in [3.8, 4) is 5.75 Å². The second-order valence-electron chi connectivity index (χ2n) is 3.86. The number of hydrogen-bond donors (Lipinski definition) is 3. The van der Waals surface area contributed by atoms with E-state index in [9.17, 15) is 10.2 Å². The largest absolute Gasteiger partial charge is 0.508 e. The van der Waals surface area contributed by atoms with E-state index < -0.39 is 12.1 Å². The Bertz CT molecular complexity index is 304. The molecule has 0 radical (unpaired) electrons. The number of aliphatic hydroxyl groups excluding tert-OH is 1. The van der Waals surface area contributed by atoms with Crippen LogP contribution in [0.5, 0.6) is 5.75 Å². The van der Waals surface area contributed by atoms with Gasteiger partial charge in [0.1, 0.15) is 5.75 Å². The van der Waals surface area contributed by atoms with E-state index >= 15 is 0 Å². The molecule has 0 aliphatic carbocycles. The minimum absolute atomic E-state index is 0. The molecule has 0 unspecified atom stereocenters. The number of aromatic hydroxyl groups is 1. The molecule has 2 atom stereocenters. The van der Waals surface area contributed by atoms with E-state index in [4.69, 9.17) is 5.73 Å². The molecule has 86 valence electrons. The molecule has 0 saturated heterocycles. The molecule has 0 amide bonds. The Morgan fingerprint density at radius 3 is 2.33 bits per heavy atom. The van der Waals surface area contributed by atoms with E-state index in [-0.39, 0.29) is 24.1 Å². The normalized spacial score (nSPS) is 14.5. The van der Waals surface area contributed by atoms with Gasteiger partial charge in [-0.15, -0.1) is 12.4 Å². The number of aliphatic hydroxyl groups is 1. The number of halogens is 1. The number of benzene rings is 1. The van der Waals surface area contributed by atoms with Crippen molar-refractivity contribution in [1.29, 1.82) is 0 Å². The molecule has 1 aromatic rings. The van der Waals surface area contributed by atoms with E-state index in [1.807, 2.05) is 13.8 Å². The number of hydrogen-bond acceptors (Lipinski definition) is 3. The fourth-order valence-electron chi connectivity index (χ4n) is 1.34. The predicted octanol–water partition coefficient (Wildman–Crippen LogP) is 1.83. The van der Waals surface area contributed by atoms with Gasteiger partial charge in [-0.05, 0) is 23.6 Å². The van der Waals surface area contributed by atoms with E-state index in [1.54, 1.807) is 24.3 Å². The van der Waals surface area contributed by atoms with Crippen LogP contribution in [-0.4, -0.2) is 16.3 Å². The number of nitrogens with two attached hydrogens (primary N) is 1. The lowest BCUT2D eigenvalue weighted by atomic mass is 9.94. The molecule has 15 heavy (non-hydrogen) atoms. The van der Waals surface area contributed by atoms with Crippen LogP contribution in [0.4, 0.5) is 0 Å². The fraction of sp³-hybridized carbons (Fsp3) is 0.455. The first kappa shape index (κ1) is 14.2. The zero-order valence-corrected chi connectivity index (χ0v) is 9.74. The highest BCUT2D eigenvalue weighted by atomic mass is 35.5. The van der Waals surface area contributed by atoms with Gasteiger partial charge in [0, 0.05) is 0 Å². The van der Waals surface area contributed by atoms with Crippen molar-refractivity contribution in [2.75, 3.05) is 0 Å². The summed E-state index contributed by atoms with van der Waals surface area (Å²) >= 11 is 0. The zero-order chi connectivity index (χ0) is 10.7. The molecule has 3 nitrogen and oxygen atoms in total. The van der Waals surface area contributed by atoms with E-state index in [0.717, 1.165) is 5.56 Å². The Labute approximate surface area is 96.3 Å². The minimum atomic E-state index is -0.586. The van der Waals surface area contributed by atoms with Gasteiger partial charge in [0.25, 0.3) is 0 Å². The highest BCUT2D eigenvalue weighted by molar-refractivity contribution is 5.85. The third-order valence-electron chi connectivity index (χ3n) is 2.31. The summed E-state index contributed by atoms with van der Waals surface area (Å²) in [6.45, 7) is 3.82. The van der Waals surface area contributed by atoms with Crippen molar-refractivity contribution >= 4 is 12.4 Å².